The first-order chi connectivity index (χ1) is 7.50. The van der Waals surface area contributed by atoms with Gasteiger partial charge in [0.1, 0.15) is 0 Å². The summed E-state index contributed by atoms with van der Waals surface area (Å²) in [6, 6.07) is 0.800. The van der Waals surface area contributed by atoms with Crippen LogP contribution in [0.25, 0.3) is 0 Å². The van der Waals surface area contributed by atoms with Crippen LogP contribution in [-0.2, 0) is 0 Å². The highest BCUT2D eigenvalue weighted by Gasteiger charge is 2.27. The van der Waals surface area contributed by atoms with Crippen molar-refractivity contribution in [3.05, 3.63) is 0 Å². The number of hydrogen-bond donors (Lipinski definition) is 1. The Morgan fingerprint density at radius 3 is 2.25 bits per heavy atom. The van der Waals surface area contributed by atoms with Crippen LogP contribution in [0, 0.1) is 11.3 Å². The van der Waals surface area contributed by atoms with Crippen LogP contribution in [0.3, 0.4) is 0 Å². The zero-order chi connectivity index (χ0) is 12.2. The molecule has 0 saturated heterocycles. The van der Waals surface area contributed by atoms with Gasteiger partial charge >= 0.3 is 0 Å². The lowest BCUT2D eigenvalue weighted by Gasteiger charge is -2.39. The summed E-state index contributed by atoms with van der Waals surface area (Å²) in [5.41, 5.74) is 6.19. The van der Waals surface area contributed by atoms with E-state index in [2.05, 4.69) is 32.7 Å². The van der Waals surface area contributed by atoms with Gasteiger partial charge in [-0.3, -0.25) is 0 Å². The van der Waals surface area contributed by atoms with E-state index in [1.165, 1.54) is 32.1 Å². The van der Waals surface area contributed by atoms with E-state index in [9.17, 15) is 0 Å². The van der Waals surface area contributed by atoms with Crippen molar-refractivity contribution in [1.82, 2.24) is 4.90 Å². The quantitative estimate of drug-likeness (QED) is 0.781. The third-order valence-electron chi connectivity index (χ3n) is 4.59. The molecule has 2 heteroatoms. The Labute approximate surface area is 102 Å². The molecule has 1 saturated carbocycles. The molecule has 96 valence electrons. The second-order valence-corrected chi connectivity index (χ2v) is 6.20. The van der Waals surface area contributed by atoms with Gasteiger partial charge in [-0.05, 0) is 57.0 Å². The van der Waals surface area contributed by atoms with E-state index in [4.69, 9.17) is 5.73 Å². The fourth-order valence-corrected chi connectivity index (χ4v) is 2.74. The van der Waals surface area contributed by atoms with Crippen LogP contribution in [0.4, 0.5) is 0 Å². The van der Waals surface area contributed by atoms with Gasteiger partial charge in [0.15, 0.2) is 0 Å². The van der Waals surface area contributed by atoms with E-state index in [0.717, 1.165) is 25.0 Å². The first kappa shape index (κ1) is 14.0. The van der Waals surface area contributed by atoms with Gasteiger partial charge in [0.25, 0.3) is 0 Å². The molecule has 0 radical (unpaired) electrons. The number of hydrogen-bond acceptors (Lipinski definition) is 2. The van der Waals surface area contributed by atoms with Gasteiger partial charge in [0.2, 0.25) is 0 Å². The third-order valence-corrected chi connectivity index (χ3v) is 4.59. The highest BCUT2D eigenvalue weighted by Crippen LogP contribution is 2.29. The van der Waals surface area contributed by atoms with Crippen LogP contribution in [0.15, 0.2) is 0 Å². The van der Waals surface area contributed by atoms with Gasteiger partial charge in [0.05, 0.1) is 0 Å². The monoisotopic (exact) mass is 226 g/mol. The second-order valence-electron chi connectivity index (χ2n) is 6.20. The third kappa shape index (κ3) is 3.74. The zero-order valence-corrected chi connectivity index (χ0v) is 11.6. The topological polar surface area (TPSA) is 29.3 Å². The molecule has 2 nitrogen and oxygen atoms in total. The van der Waals surface area contributed by atoms with Crippen LogP contribution in [0.2, 0.25) is 0 Å². The minimum absolute atomic E-state index is 0.303. The largest absolute Gasteiger partial charge is 0.330 e. The lowest BCUT2D eigenvalue weighted by molar-refractivity contribution is 0.113. The second kappa shape index (κ2) is 6.02. The van der Waals surface area contributed by atoms with E-state index in [-0.39, 0.29) is 0 Å². The number of nitrogens with zero attached hydrogens (tertiary/aromatic N) is 1. The summed E-state index contributed by atoms with van der Waals surface area (Å²) in [7, 11) is 2.28. The molecule has 0 aromatic heterocycles. The normalized spacial score (nSPS) is 30.4. The van der Waals surface area contributed by atoms with Gasteiger partial charge < -0.3 is 10.6 Å². The Hall–Kier alpha value is -0.0800. The van der Waals surface area contributed by atoms with Gasteiger partial charge in [-0.2, -0.15) is 0 Å². The average Bonchev–Trinajstić information content (AvgIpc) is 2.29. The van der Waals surface area contributed by atoms with Gasteiger partial charge in [0, 0.05) is 12.6 Å². The van der Waals surface area contributed by atoms with Crippen molar-refractivity contribution < 1.29 is 0 Å². The standard InChI is InChI=1S/C14H30N2/c1-5-14(3,10-15)11-16(4)13-8-6-12(2)7-9-13/h12-13H,5-11,15H2,1-4H3. The lowest BCUT2D eigenvalue weighted by atomic mass is 9.83. The van der Waals surface area contributed by atoms with E-state index in [1.807, 2.05) is 0 Å². The van der Waals surface area contributed by atoms with E-state index in [1.54, 1.807) is 0 Å². The molecule has 1 rings (SSSR count). The van der Waals surface area contributed by atoms with E-state index >= 15 is 0 Å². The Morgan fingerprint density at radius 1 is 1.25 bits per heavy atom. The molecule has 0 heterocycles. The summed E-state index contributed by atoms with van der Waals surface area (Å²) in [6.07, 6.45) is 6.74. The highest BCUT2D eigenvalue weighted by molar-refractivity contribution is 4.82. The zero-order valence-electron chi connectivity index (χ0n) is 11.6. The molecular weight excluding hydrogens is 196 g/mol. The molecule has 1 aliphatic carbocycles. The number of nitrogens with two attached hydrogens (primary N) is 1. The van der Waals surface area contributed by atoms with Crippen LogP contribution in [-0.4, -0.2) is 31.1 Å². The molecule has 0 aromatic rings. The number of rotatable bonds is 5. The highest BCUT2D eigenvalue weighted by atomic mass is 15.1. The molecule has 1 unspecified atom stereocenters. The molecule has 2 N–H and O–H groups in total. The SMILES string of the molecule is CCC(C)(CN)CN(C)C1CCC(C)CC1. The van der Waals surface area contributed by atoms with Crippen LogP contribution in [0.1, 0.15) is 52.9 Å². The van der Waals surface area contributed by atoms with Crippen molar-refractivity contribution in [2.45, 2.75) is 58.9 Å². The fourth-order valence-electron chi connectivity index (χ4n) is 2.74. The van der Waals surface area contributed by atoms with Crippen molar-refractivity contribution in [1.29, 1.82) is 0 Å². The van der Waals surface area contributed by atoms with E-state index in [0.29, 0.717) is 5.41 Å². The molecule has 16 heavy (non-hydrogen) atoms. The van der Waals surface area contributed by atoms with Gasteiger partial charge in [-0.1, -0.05) is 20.8 Å². The maximum Gasteiger partial charge on any atom is 0.00926 e. The summed E-state index contributed by atoms with van der Waals surface area (Å²) >= 11 is 0. The summed E-state index contributed by atoms with van der Waals surface area (Å²) < 4.78 is 0. The summed E-state index contributed by atoms with van der Waals surface area (Å²) in [4.78, 5) is 2.56. The molecule has 1 fully saturated rings. The van der Waals surface area contributed by atoms with Crippen LogP contribution < -0.4 is 5.73 Å². The molecule has 0 aliphatic heterocycles. The lowest BCUT2D eigenvalue weighted by Crippen LogP contribution is -2.44. The smallest absolute Gasteiger partial charge is 0.00926 e. The fraction of sp³-hybridized carbons (Fsp3) is 1.00. The predicted octanol–water partition coefficient (Wildman–Crippen LogP) is 2.87. The summed E-state index contributed by atoms with van der Waals surface area (Å²) in [5, 5.41) is 0. The molecule has 0 spiro atoms. The molecule has 0 bridgehead atoms. The first-order valence-corrected chi connectivity index (χ1v) is 6.91. The Morgan fingerprint density at radius 2 is 1.81 bits per heavy atom. The maximum absolute atomic E-state index is 5.89. The van der Waals surface area contributed by atoms with Crippen molar-refractivity contribution in [3.63, 3.8) is 0 Å². The van der Waals surface area contributed by atoms with Crippen LogP contribution in [0.5, 0.6) is 0 Å². The Bertz CT molecular complexity index is 191. The first-order valence-electron chi connectivity index (χ1n) is 6.91. The Balaban J connectivity index is 2.42. The van der Waals surface area contributed by atoms with Gasteiger partial charge in [-0.15, -0.1) is 0 Å². The minimum atomic E-state index is 0.303. The molecular formula is C14H30N2. The van der Waals surface area contributed by atoms with Crippen molar-refractivity contribution in [2.24, 2.45) is 17.1 Å². The van der Waals surface area contributed by atoms with Crippen molar-refractivity contribution in [2.75, 3.05) is 20.1 Å². The van der Waals surface area contributed by atoms with Crippen molar-refractivity contribution >= 4 is 0 Å². The molecule has 1 atom stereocenters. The summed E-state index contributed by atoms with van der Waals surface area (Å²) in [6.45, 7) is 8.90. The maximum atomic E-state index is 5.89. The van der Waals surface area contributed by atoms with Crippen LogP contribution >= 0.6 is 0 Å². The molecule has 1 aliphatic rings. The van der Waals surface area contributed by atoms with Gasteiger partial charge in [-0.25, -0.2) is 0 Å². The minimum Gasteiger partial charge on any atom is -0.330 e. The average molecular weight is 226 g/mol. The van der Waals surface area contributed by atoms with Crippen molar-refractivity contribution in [3.8, 4) is 0 Å². The molecule has 0 amide bonds. The Kier molecular flexibility index (Phi) is 5.26. The van der Waals surface area contributed by atoms with E-state index < -0.39 is 0 Å². The predicted molar refractivity (Wildman–Crippen MR) is 71.5 cm³/mol. The summed E-state index contributed by atoms with van der Waals surface area (Å²) in [5.74, 6) is 0.941. The molecule has 0 aromatic carbocycles.